The molecule has 0 N–H and O–H groups in total. The van der Waals surface area contributed by atoms with E-state index in [-0.39, 0.29) is 18.3 Å². The molecular weight excluding hydrogens is 442 g/mol. The number of ether oxygens (including phenoxy) is 2. The number of piperidine rings is 1. The molecule has 2 heterocycles. The van der Waals surface area contributed by atoms with Crippen LogP contribution in [0.5, 0.6) is 5.75 Å². The van der Waals surface area contributed by atoms with Crippen LogP contribution in [0.4, 0.5) is 5.69 Å². The van der Waals surface area contributed by atoms with Crippen LogP contribution >= 0.6 is 11.3 Å². The Hall–Kier alpha value is -2.97. The quantitative estimate of drug-likeness (QED) is 0.262. The summed E-state index contributed by atoms with van der Waals surface area (Å²) in [5.41, 5.74) is 3.52. The smallest absolute Gasteiger partial charge is 0.307 e. The molecule has 0 bridgehead atoms. The van der Waals surface area contributed by atoms with E-state index in [1.807, 2.05) is 42.5 Å². The predicted octanol–water partition coefficient (Wildman–Crippen LogP) is 6.92. The summed E-state index contributed by atoms with van der Waals surface area (Å²) >= 11 is 1.82. The zero-order chi connectivity index (χ0) is 23.9. The van der Waals surface area contributed by atoms with Gasteiger partial charge in [0.05, 0.1) is 24.6 Å². The normalized spacial score (nSPS) is 16.6. The van der Waals surface area contributed by atoms with Crippen molar-refractivity contribution >= 4 is 33.1 Å². The Morgan fingerprint density at radius 3 is 2.76 bits per heavy atom. The summed E-state index contributed by atoms with van der Waals surface area (Å²) in [4.78, 5) is 14.5. The van der Waals surface area contributed by atoms with Crippen LogP contribution in [0.1, 0.15) is 63.5 Å². The molecule has 3 aromatic rings. The van der Waals surface area contributed by atoms with Crippen LogP contribution < -0.4 is 9.64 Å². The number of fused-ring (bicyclic) bond motifs is 1. The molecule has 34 heavy (non-hydrogen) atoms. The molecule has 5 heteroatoms. The minimum absolute atomic E-state index is 0.172. The lowest BCUT2D eigenvalue weighted by molar-refractivity contribution is -0.143. The molecular formula is C29H33NO3S. The second kappa shape index (κ2) is 11.4. The Kier molecular flexibility index (Phi) is 8.13. The molecule has 1 aliphatic rings. The lowest BCUT2D eigenvalue weighted by atomic mass is 9.96. The van der Waals surface area contributed by atoms with Gasteiger partial charge < -0.3 is 14.4 Å². The van der Waals surface area contributed by atoms with Crippen LogP contribution in [-0.4, -0.2) is 25.2 Å². The van der Waals surface area contributed by atoms with Crippen LogP contribution in [0.2, 0.25) is 0 Å². The zero-order valence-corrected chi connectivity index (χ0v) is 21.1. The minimum atomic E-state index is -0.224. The number of carbonyl (C=O) groups excluding carboxylic acids is 1. The summed E-state index contributed by atoms with van der Waals surface area (Å²) < 4.78 is 12.5. The molecule has 1 fully saturated rings. The first-order chi connectivity index (χ1) is 16.6. The first kappa shape index (κ1) is 24.2. The number of anilines is 1. The Labute approximate surface area is 206 Å². The average molecular weight is 476 g/mol. The Bertz CT molecular complexity index is 1170. The zero-order valence-electron chi connectivity index (χ0n) is 20.3. The van der Waals surface area contributed by atoms with Gasteiger partial charge in [-0.15, -0.1) is 17.3 Å². The Morgan fingerprint density at radius 1 is 1.21 bits per heavy atom. The highest BCUT2D eigenvalue weighted by atomic mass is 32.1. The van der Waals surface area contributed by atoms with E-state index in [1.165, 1.54) is 35.0 Å². The van der Waals surface area contributed by atoms with Gasteiger partial charge in [-0.3, -0.25) is 4.79 Å². The standard InChI is InChI=1S/C29H33NO3S/c1-4-8-24(18-29(31)32-5-2)23-11-13-25(14-12-23)33-19-22-10-15-28-26(17-22)27(20-34-28)30-16-7-6-9-21(30)3/h10-15,17,20-21,24H,5-7,9,16,18-19H2,1-3H3/t21?,24-/m0/s1. The molecule has 2 aromatic carbocycles. The highest BCUT2D eigenvalue weighted by molar-refractivity contribution is 7.17. The highest BCUT2D eigenvalue weighted by Crippen LogP contribution is 2.37. The van der Waals surface area contributed by atoms with E-state index in [0.717, 1.165) is 23.4 Å². The molecule has 1 unspecified atom stereocenters. The fraction of sp³-hybridized carbons (Fsp3) is 0.414. The maximum absolute atomic E-state index is 11.9. The highest BCUT2D eigenvalue weighted by Gasteiger charge is 2.21. The second-order valence-corrected chi connectivity index (χ2v) is 9.71. The van der Waals surface area contributed by atoms with Gasteiger partial charge in [0.2, 0.25) is 0 Å². The topological polar surface area (TPSA) is 38.8 Å². The molecule has 4 nitrogen and oxygen atoms in total. The van der Waals surface area contributed by atoms with Gasteiger partial charge in [-0.1, -0.05) is 24.1 Å². The van der Waals surface area contributed by atoms with Gasteiger partial charge in [-0.05, 0) is 75.4 Å². The third-order valence-electron chi connectivity index (χ3n) is 6.41. The molecule has 178 valence electrons. The van der Waals surface area contributed by atoms with E-state index in [2.05, 4.69) is 47.2 Å². The van der Waals surface area contributed by atoms with Crippen LogP contribution in [-0.2, 0) is 16.1 Å². The summed E-state index contributed by atoms with van der Waals surface area (Å²) in [6, 6.07) is 15.1. The Morgan fingerprint density at radius 2 is 2.03 bits per heavy atom. The van der Waals surface area contributed by atoms with Crippen LogP contribution in [0.3, 0.4) is 0 Å². The van der Waals surface area contributed by atoms with Crippen molar-refractivity contribution < 1.29 is 14.3 Å². The molecule has 0 radical (unpaired) electrons. The molecule has 0 aliphatic carbocycles. The third kappa shape index (κ3) is 5.74. The van der Waals surface area contributed by atoms with Crippen molar-refractivity contribution in [2.45, 2.75) is 65.0 Å². The second-order valence-electron chi connectivity index (χ2n) is 8.80. The van der Waals surface area contributed by atoms with Gasteiger partial charge in [0.1, 0.15) is 12.4 Å². The maximum atomic E-state index is 11.9. The number of hydrogen-bond donors (Lipinski definition) is 0. The molecule has 2 atom stereocenters. The van der Waals surface area contributed by atoms with E-state index >= 15 is 0 Å². The van der Waals surface area contributed by atoms with Crippen LogP contribution in [0, 0.1) is 11.8 Å². The van der Waals surface area contributed by atoms with Gasteiger partial charge >= 0.3 is 5.97 Å². The first-order valence-electron chi connectivity index (χ1n) is 12.2. The predicted molar refractivity (Wildman–Crippen MR) is 141 cm³/mol. The number of esters is 1. The molecule has 1 aliphatic heterocycles. The van der Waals surface area contributed by atoms with Crippen molar-refractivity contribution in [2.24, 2.45) is 0 Å². The van der Waals surface area contributed by atoms with Gasteiger partial charge in [-0.2, -0.15) is 0 Å². The number of rotatable bonds is 8. The largest absolute Gasteiger partial charge is 0.489 e. The van der Waals surface area contributed by atoms with Crippen molar-refractivity contribution in [1.82, 2.24) is 0 Å². The van der Waals surface area contributed by atoms with Crippen molar-refractivity contribution in [3.8, 4) is 17.6 Å². The number of thiophene rings is 1. The third-order valence-corrected chi connectivity index (χ3v) is 7.36. The molecule has 1 saturated heterocycles. The van der Waals surface area contributed by atoms with Gasteiger partial charge in [0.25, 0.3) is 0 Å². The monoisotopic (exact) mass is 475 g/mol. The summed E-state index contributed by atoms with van der Waals surface area (Å²) in [5.74, 6) is 6.46. The summed E-state index contributed by atoms with van der Waals surface area (Å²) in [6.45, 7) is 7.98. The average Bonchev–Trinajstić information content (AvgIpc) is 3.26. The Balaban J connectivity index is 1.43. The van der Waals surface area contributed by atoms with E-state index in [9.17, 15) is 4.79 Å². The summed E-state index contributed by atoms with van der Waals surface area (Å²) in [5, 5.41) is 3.64. The number of carbonyl (C=O) groups is 1. The van der Waals surface area contributed by atoms with Crippen LogP contribution in [0.15, 0.2) is 47.8 Å². The van der Waals surface area contributed by atoms with Gasteiger partial charge in [-0.25, -0.2) is 0 Å². The summed E-state index contributed by atoms with van der Waals surface area (Å²) in [6.07, 6.45) is 4.12. The number of benzene rings is 2. The van der Waals surface area contributed by atoms with E-state index < -0.39 is 0 Å². The molecule has 4 rings (SSSR count). The SMILES string of the molecule is CC#C[C@@H](CC(=O)OCC)c1ccc(OCc2ccc3scc(N4CCCCC4C)c3c2)cc1. The molecule has 0 amide bonds. The van der Waals surface area contributed by atoms with Crippen molar-refractivity contribution in [2.75, 3.05) is 18.1 Å². The van der Waals surface area contributed by atoms with E-state index in [0.29, 0.717) is 19.3 Å². The minimum Gasteiger partial charge on any atom is -0.489 e. The molecule has 1 aromatic heterocycles. The van der Waals surface area contributed by atoms with Crippen molar-refractivity contribution in [3.63, 3.8) is 0 Å². The molecule has 0 spiro atoms. The number of nitrogens with zero attached hydrogens (tertiary/aromatic N) is 1. The van der Waals surface area contributed by atoms with E-state index in [1.54, 1.807) is 6.92 Å². The van der Waals surface area contributed by atoms with Gasteiger partial charge in [0, 0.05) is 28.1 Å². The van der Waals surface area contributed by atoms with E-state index in [4.69, 9.17) is 9.47 Å². The fourth-order valence-corrected chi connectivity index (χ4v) is 5.55. The number of hydrogen-bond acceptors (Lipinski definition) is 5. The van der Waals surface area contributed by atoms with Crippen molar-refractivity contribution in [1.29, 1.82) is 0 Å². The fourth-order valence-electron chi connectivity index (χ4n) is 4.61. The maximum Gasteiger partial charge on any atom is 0.307 e. The lowest BCUT2D eigenvalue weighted by Gasteiger charge is -2.35. The lowest BCUT2D eigenvalue weighted by Crippen LogP contribution is -2.37. The first-order valence-corrected chi connectivity index (χ1v) is 13.0. The van der Waals surface area contributed by atoms with Crippen LogP contribution in [0.25, 0.3) is 10.1 Å². The summed E-state index contributed by atoms with van der Waals surface area (Å²) in [7, 11) is 0. The van der Waals surface area contributed by atoms with Crippen molar-refractivity contribution in [3.05, 3.63) is 59.0 Å². The molecule has 0 saturated carbocycles. The van der Waals surface area contributed by atoms with Gasteiger partial charge in [0.15, 0.2) is 0 Å².